The Morgan fingerprint density at radius 3 is 2.80 bits per heavy atom. The molecule has 9 atom stereocenters. The van der Waals surface area contributed by atoms with Crippen LogP contribution in [0.2, 0.25) is 0 Å². The maximum absolute atomic E-state index is 15.9. The predicted octanol–water partition coefficient (Wildman–Crippen LogP) is 0.365. The number of aromatic amines is 1. The number of anilines is 2. The van der Waals surface area contributed by atoms with E-state index in [0.29, 0.717) is 11.3 Å². The molecule has 3 aliphatic rings. The summed E-state index contributed by atoms with van der Waals surface area (Å²) in [6.07, 6.45) is -6.96. The summed E-state index contributed by atoms with van der Waals surface area (Å²) in [5.41, 5.74) is 11.2. The van der Waals surface area contributed by atoms with Crippen LogP contribution in [-0.2, 0) is 43.9 Å². The van der Waals surface area contributed by atoms with Crippen LogP contribution in [-0.4, -0.2) is 82.7 Å². The summed E-state index contributed by atoms with van der Waals surface area (Å²) in [7, 11) is -2.95. The topological polar surface area (TPSA) is 256 Å². The highest BCUT2D eigenvalue weighted by Gasteiger charge is 2.54. The molecule has 0 saturated carbocycles. The smallest absolute Gasteiger partial charge is 0.382 e. The van der Waals surface area contributed by atoms with Crippen molar-refractivity contribution in [1.82, 2.24) is 34.1 Å². The molecule has 3 unspecified atom stereocenters. The van der Waals surface area contributed by atoms with Crippen LogP contribution >= 0.6 is 26.3 Å². The molecular formula is C20H21FN9O10P2S2+. The van der Waals surface area contributed by atoms with Gasteiger partial charge in [0.15, 0.2) is 41.8 Å². The molecule has 4 aromatic heterocycles. The van der Waals surface area contributed by atoms with E-state index >= 15 is 4.39 Å². The number of rotatable bonds is 2. The van der Waals surface area contributed by atoms with Gasteiger partial charge in [0.25, 0.3) is 5.56 Å². The minimum Gasteiger partial charge on any atom is -0.382 e. The average molecular weight is 693 g/mol. The molecule has 0 aromatic carbocycles. The lowest BCUT2D eigenvalue weighted by Crippen LogP contribution is -2.33. The lowest BCUT2D eigenvalue weighted by molar-refractivity contribution is -0.0584. The molecule has 19 nitrogen and oxygen atoms in total. The average Bonchev–Trinajstić information content (AvgIpc) is 3.71. The zero-order chi connectivity index (χ0) is 30.9. The monoisotopic (exact) mass is 692 g/mol. The number of nitrogens with two attached hydrogens (primary N) is 2. The third-order valence-corrected chi connectivity index (χ3v) is 10.4. The number of alkyl halides is 1. The van der Waals surface area contributed by atoms with Gasteiger partial charge >= 0.3 is 19.8 Å². The van der Waals surface area contributed by atoms with Gasteiger partial charge in [0.05, 0.1) is 19.0 Å². The molecule has 3 saturated heterocycles. The van der Waals surface area contributed by atoms with Crippen LogP contribution in [0.3, 0.4) is 0 Å². The zero-order valence-corrected chi connectivity index (χ0v) is 25.3. The van der Waals surface area contributed by atoms with Crippen molar-refractivity contribution in [2.45, 2.75) is 49.5 Å². The number of aromatic nitrogens is 7. The molecule has 0 spiro atoms. The van der Waals surface area contributed by atoms with Crippen LogP contribution in [0.1, 0.15) is 18.9 Å². The van der Waals surface area contributed by atoms with Crippen molar-refractivity contribution >= 4 is 71.4 Å². The summed E-state index contributed by atoms with van der Waals surface area (Å²) >= 11 is 5.84. The summed E-state index contributed by atoms with van der Waals surface area (Å²) < 4.78 is 65.0. The number of H-pyrrole nitrogens is 1. The lowest BCUT2D eigenvalue weighted by atomic mass is 10.1. The Bertz CT molecular complexity index is 1960. The van der Waals surface area contributed by atoms with E-state index < -0.39 is 75.1 Å². The van der Waals surface area contributed by atoms with Gasteiger partial charge < -0.3 is 34.9 Å². The normalized spacial score (nSPS) is 34.0. The van der Waals surface area contributed by atoms with Gasteiger partial charge in [-0.05, 0) is 11.8 Å². The van der Waals surface area contributed by atoms with Crippen LogP contribution in [0.4, 0.5) is 16.2 Å². The number of fused-ring (bicyclic) bond motifs is 5. The van der Waals surface area contributed by atoms with Crippen molar-refractivity contribution in [1.29, 1.82) is 0 Å². The van der Waals surface area contributed by atoms with E-state index in [9.17, 15) is 19.0 Å². The van der Waals surface area contributed by atoms with Crippen LogP contribution in [0.5, 0.6) is 0 Å². The number of halogens is 1. The summed E-state index contributed by atoms with van der Waals surface area (Å²) in [6, 6.07) is 0. The van der Waals surface area contributed by atoms with Gasteiger partial charge in [-0.15, -0.1) is 9.05 Å². The molecule has 234 valence electrons. The fraction of sp³-hybridized carbons (Fsp3) is 0.500. The Hall–Kier alpha value is -2.88. The summed E-state index contributed by atoms with van der Waals surface area (Å²) in [4.78, 5) is 54.2. The molecule has 24 heteroatoms. The summed E-state index contributed by atoms with van der Waals surface area (Å²) in [5.74, 6) is -0.177. The van der Waals surface area contributed by atoms with E-state index in [0.717, 1.165) is 4.57 Å². The highest BCUT2D eigenvalue weighted by atomic mass is 32.5. The van der Waals surface area contributed by atoms with E-state index in [1.165, 1.54) is 17.2 Å². The van der Waals surface area contributed by atoms with Crippen LogP contribution < -0.4 is 21.9 Å². The molecule has 7 heterocycles. The van der Waals surface area contributed by atoms with E-state index in [2.05, 4.69) is 24.9 Å². The van der Waals surface area contributed by atoms with E-state index in [1.54, 1.807) is 0 Å². The lowest BCUT2D eigenvalue weighted by Gasteiger charge is -2.25. The minimum absolute atomic E-state index is 0.0172. The van der Waals surface area contributed by atoms with Crippen molar-refractivity contribution in [2.24, 2.45) is 0 Å². The SMILES string of the molecule is Nc1nc2c(sc(=O)n2[C@@H]2O[C@@H]3CO[P+](=O)OC4[C@@H](F)[C@H](n5cnc6c(N)ncnc65)O[C@@H]4COP(O)(=S)O[C@@H]2C3)c(=O)[nH]1. The second kappa shape index (κ2) is 11.2. The van der Waals surface area contributed by atoms with Gasteiger partial charge in [0, 0.05) is 11.0 Å². The van der Waals surface area contributed by atoms with Crippen molar-refractivity contribution in [2.75, 3.05) is 24.7 Å². The van der Waals surface area contributed by atoms with Crippen LogP contribution in [0.25, 0.3) is 21.5 Å². The van der Waals surface area contributed by atoms with Gasteiger partial charge in [0.2, 0.25) is 5.95 Å². The third-order valence-electron chi connectivity index (χ3n) is 7.06. The first kappa shape index (κ1) is 29.8. The number of thiazole rings is 1. The highest BCUT2D eigenvalue weighted by Crippen LogP contribution is 2.51. The van der Waals surface area contributed by atoms with Crippen LogP contribution in [0, 0.1) is 0 Å². The Balaban J connectivity index is 1.18. The van der Waals surface area contributed by atoms with Gasteiger partial charge in [-0.25, -0.2) is 19.3 Å². The first-order valence-electron chi connectivity index (χ1n) is 12.7. The Morgan fingerprint density at radius 1 is 1.16 bits per heavy atom. The molecule has 0 radical (unpaired) electrons. The Kier molecular flexibility index (Phi) is 7.57. The van der Waals surface area contributed by atoms with Gasteiger partial charge in [0.1, 0.15) is 35.4 Å². The second-order valence-corrected chi connectivity index (χ2v) is 14.5. The minimum atomic E-state index is -4.14. The van der Waals surface area contributed by atoms with E-state index in [-0.39, 0.29) is 46.3 Å². The number of hydrogen-bond acceptors (Lipinski definition) is 17. The third kappa shape index (κ3) is 5.24. The van der Waals surface area contributed by atoms with E-state index in [4.69, 9.17) is 50.8 Å². The Morgan fingerprint density at radius 2 is 1.98 bits per heavy atom. The molecule has 2 bridgehead atoms. The van der Waals surface area contributed by atoms with Crippen molar-refractivity contribution in [3.8, 4) is 0 Å². The maximum atomic E-state index is 15.9. The molecule has 44 heavy (non-hydrogen) atoms. The molecule has 3 aliphatic heterocycles. The molecule has 0 aliphatic carbocycles. The van der Waals surface area contributed by atoms with Crippen molar-refractivity contribution in [3.63, 3.8) is 0 Å². The van der Waals surface area contributed by atoms with Gasteiger partial charge in [-0.2, -0.15) is 4.98 Å². The molecular weight excluding hydrogens is 671 g/mol. The van der Waals surface area contributed by atoms with Gasteiger partial charge in [-0.3, -0.25) is 23.7 Å². The summed E-state index contributed by atoms with van der Waals surface area (Å²) in [6.45, 7) is -5.05. The maximum Gasteiger partial charge on any atom is 0.697 e. The number of ether oxygens (including phenoxy) is 2. The number of hydrogen-bond donors (Lipinski definition) is 4. The molecule has 4 aromatic rings. The standard InChI is InChI=1S/C20H20FN9O10P2S2/c21-9-11-8(38-18(9)29-5-26-10-13(22)24-4-25-14(10)29)3-36-42(34,43)40-7-1-6(2-35-41(33)39-11)37-17(7)30-15-12(44-20(30)32)16(31)28-19(23)27-15/h4-9,11,17-18H,1-3H2,(H5-,22,23,24,25,27,28,31,34,43)/p+1/t6-,7+,8+,9+,11?,17+,18+,42?/m0/s1. The van der Waals surface area contributed by atoms with Crippen LogP contribution in [0.15, 0.2) is 22.2 Å². The largest absolute Gasteiger partial charge is 0.697 e. The zero-order valence-electron chi connectivity index (χ0n) is 21.9. The molecule has 6 N–H and O–H groups in total. The molecule has 3 fully saturated rings. The fourth-order valence-electron chi connectivity index (χ4n) is 5.19. The molecule has 0 amide bonds. The second-order valence-electron chi connectivity index (χ2n) is 9.82. The fourth-order valence-corrected chi connectivity index (χ4v) is 8.28. The molecule has 7 rings (SSSR count). The number of imidazole rings is 1. The number of nitrogen functional groups attached to an aromatic ring is 2. The first-order chi connectivity index (χ1) is 21.0. The van der Waals surface area contributed by atoms with Crippen molar-refractivity contribution in [3.05, 3.63) is 32.7 Å². The number of nitrogens with one attached hydrogen (secondary N) is 1. The Labute approximate surface area is 253 Å². The quantitative estimate of drug-likeness (QED) is 0.207. The predicted molar refractivity (Wildman–Crippen MR) is 152 cm³/mol. The van der Waals surface area contributed by atoms with E-state index in [1.807, 2.05) is 0 Å². The van der Waals surface area contributed by atoms with Gasteiger partial charge in [-0.1, -0.05) is 11.3 Å². The number of nitrogens with zero attached hydrogens (tertiary/aromatic N) is 6. The summed E-state index contributed by atoms with van der Waals surface area (Å²) in [5, 5.41) is 0. The highest BCUT2D eigenvalue weighted by molar-refractivity contribution is 8.07. The first-order valence-corrected chi connectivity index (χ1v) is 17.2. The van der Waals surface area contributed by atoms with Crippen molar-refractivity contribution < 1.29 is 41.4 Å².